The van der Waals surface area contributed by atoms with Gasteiger partial charge < -0.3 is 9.84 Å². The van der Waals surface area contributed by atoms with Crippen LogP contribution in [0.3, 0.4) is 0 Å². The predicted octanol–water partition coefficient (Wildman–Crippen LogP) is 4.01. The predicted molar refractivity (Wildman–Crippen MR) is 74.2 cm³/mol. The molecule has 1 saturated carbocycles. The molecular formula is C16H21FO3. The minimum absolute atomic E-state index is 0.147. The standard InChI is InChI=1S/C16H21FO3/c1-2-11-6-3-4-9-14(11)20-10-12-7-5-8-13(15(12)17)16(18)19/h5,7-8,11,14H,2-4,6,9-10H2,1H3,(H,18,19). The molecule has 0 aliphatic heterocycles. The lowest BCUT2D eigenvalue weighted by Gasteiger charge is -2.30. The molecule has 0 bridgehead atoms. The second kappa shape index (κ2) is 6.84. The minimum atomic E-state index is -1.24. The number of benzene rings is 1. The SMILES string of the molecule is CCC1CCCCC1OCc1cccc(C(=O)O)c1F. The number of hydrogen-bond donors (Lipinski definition) is 1. The van der Waals surface area contributed by atoms with E-state index < -0.39 is 11.8 Å². The van der Waals surface area contributed by atoms with Crippen molar-refractivity contribution < 1.29 is 19.0 Å². The Balaban J connectivity index is 2.03. The number of carboxylic acids is 1. The van der Waals surface area contributed by atoms with Gasteiger partial charge >= 0.3 is 5.97 Å². The Bertz CT molecular complexity index is 473. The first kappa shape index (κ1) is 15.0. The zero-order valence-electron chi connectivity index (χ0n) is 11.8. The van der Waals surface area contributed by atoms with Gasteiger partial charge in [-0.1, -0.05) is 38.3 Å². The fourth-order valence-corrected chi connectivity index (χ4v) is 2.91. The van der Waals surface area contributed by atoms with Crippen molar-refractivity contribution in [3.63, 3.8) is 0 Å². The number of ether oxygens (including phenoxy) is 1. The van der Waals surface area contributed by atoms with Crippen molar-refractivity contribution in [3.05, 3.63) is 35.1 Å². The largest absolute Gasteiger partial charge is 0.478 e. The molecule has 1 fully saturated rings. The third-order valence-electron chi connectivity index (χ3n) is 4.13. The second-order valence-corrected chi connectivity index (χ2v) is 5.39. The van der Waals surface area contributed by atoms with Gasteiger partial charge in [-0.2, -0.15) is 0 Å². The van der Waals surface area contributed by atoms with Gasteiger partial charge in [-0.3, -0.25) is 0 Å². The van der Waals surface area contributed by atoms with Crippen LogP contribution in [0.15, 0.2) is 18.2 Å². The number of aromatic carboxylic acids is 1. The van der Waals surface area contributed by atoms with Crippen LogP contribution >= 0.6 is 0 Å². The lowest BCUT2D eigenvalue weighted by Crippen LogP contribution is -2.27. The van der Waals surface area contributed by atoms with Crippen LogP contribution in [0.2, 0.25) is 0 Å². The van der Waals surface area contributed by atoms with Gasteiger partial charge in [-0.25, -0.2) is 9.18 Å². The summed E-state index contributed by atoms with van der Waals surface area (Å²) in [5, 5.41) is 8.91. The molecule has 1 aliphatic rings. The molecule has 20 heavy (non-hydrogen) atoms. The summed E-state index contributed by atoms with van der Waals surface area (Å²) in [6, 6.07) is 4.42. The van der Waals surface area contributed by atoms with E-state index in [2.05, 4.69) is 6.92 Å². The molecule has 1 aromatic carbocycles. The van der Waals surface area contributed by atoms with Crippen molar-refractivity contribution in [2.75, 3.05) is 0 Å². The molecule has 0 heterocycles. The minimum Gasteiger partial charge on any atom is -0.478 e. The second-order valence-electron chi connectivity index (χ2n) is 5.39. The Morgan fingerprint density at radius 3 is 2.85 bits per heavy atom. The number of hydrogen-bond acceptors (Lipinski definition) is 2. The molecule has 2 atom stereocenters. The summed E-state index contributed by atoms with van der Waals surface area (Å²) >= 11 is 0. The van der Waals surface area contributed by atoms with Crippen molar-refractivity contribution in [2.45, 2.75) is 51.7 Å². The molecular weight excluding hydrogens is 259 g/mol. The van der Waals surface area contributed by atoms with Gasteiger partial charge in [0, 0.05) is 5.56 Å². The summed E-state index contributed by atoms with van der Waals surface area (Å²) in [6.45, 7) is 2.30. The first-order valence-corrected chi connectivity index (χ1v) is 7.25. The number of rotatable bonds is 5. The molecule has 0 saturated heterocycles. The third kappa shape index (κ3) is 3.37. The van der Waals surface area contributed by atoms with Gasteiger partial charge in [0.15, 0.2) is 0 Å². The van der Waals surface area contributed by atoms with E-state index in [0.717, 1.165) is 19.3 Å². The van der Waals surface area contributed by atoms with Crippen molar-refractivity contribution in [3.8, 4) is 0 Å². The summed E-state index contributed by atoms with van der Waals surface area (Å²) in [6.07, 6.45) is 5.81. The van der Waals surface area contributed by atoms with Gasteiger partial charge in [-0.05, 0) is 24.8 Å². The van der Waals surface area contributed by atoms with Gasteiger partial charge in [0.2, 0.25) is 0 Å². The Labute approximate surface area is 118 Å². The van der Waals surface area contributed by atoms with E-state index in [9.17, 15) is 9.18 Å². The summed E-state index contributed by atoms with van der Waals surface area (Å²) in [4.78, 5) is 10.9. The Kier molecular flexibility index (Phi) is 5.12. The molecule has 0 aromatic heterocycles. The van der Waals surface area contributed by atoms with E-state index in [-0.39, 0.29) is 18.3 Å². The summed E-state index contributed by atoms with van der Waals surface area (Å²) in [5.74, 6) is -1.38. The lowest BCUT2D eigenvalue weighted by atomic mass is 9.85. The Hall–Kier alpha value is -1.42. The number of carbonyl (C=O) groups is 1. The van der Waals surface area contributed by atoms with Crippen LogP contribution in [0.5, 0.6) is 0 Å². The monoisotopic (exact) mass is 280 g/mol. The average molecular weight is 280 g/mol. The molecule has 1 aliphatic carbocycles. The molecule has 2 unspecified atom stereocenters. The van der Waals surface area contributed by atoms with Crippen LogP contribution in [0.25, 0.3) is 0 Å². The zero-order chi connectivity index (χ0) is 14.5. The van der Waals surface area contributed by atoms with Crippen molar-refractivity contribution >= 4 is 5.97 Å². The van der Waals surface area contributed by atoms with Crippen LogP contribution in [-0.4, -0.2) is 17.2 Å². The van der Waals surface area contributed by atoms with E-state index in [4.69, 9.17) is 9.84 Å². The van der Waals surface area contributed by atoms with Crippen LogP contribution in [0.4, 0.5) is 4.39 Å². The first-order valence-electron chi connectivity index (χ1n) is 7.25. The molecule has 3 nitrogen and oxygen atoms in total. The van der Waals surface area contributed by atoms with Crippen molar-refractivity contribution in [1.29, 1.82) is 0 Å². The molecule has 1 aromatic rings. The highest BCUT2D eigenvalue weighted by Gasteiger charge is 2.24. The maximum Gasteiger partial charge on any atom is 0.338 e. The molecule has 2 rings (SSSR count). The summed E-state index contributed by atoms with van der Waals surface area (Å²) in [7, 11) is 0. The number of carboxylic acid groups (broad SMARTS) is 1. The highest BCUT2D eigenvalue weighted by atomic mass is 19.1. The molecule has 0 amide bonds. The van der Waals surface area contributed by atoms with Crippen LogP contribution in [0, 0.1) is 11.7 Å². The lowest BCUT2D eigenvalue weighted by molar-refractivity contribution is -0.0231. The molecule has 0 spiro atoms. The Morgan fingerprint density at radius 2 is 2.15 bits per heavy atom. The summed E-state index contributed by atoms with van der Waals surface area (Å²) < 4.78 is 19.9. The van der Waals surface area contributed by atoms with Gasteiger partial charge in [0.25, 0.3) is 0 Å². The average Bonchev–Trinajstić information content (AvgIpc) is 2.46. The van der Waals surface area contributed by atoms with Crippen molar-refractivity contribution in [2.24, 2.45) is 5.92 Å². The van der Waals surface area contributed by atoms with Crippen LogP contribution < -0.4 is 0 Å². The smallest absolute Gasteiger partial charge is 0.338 e. The summed E-state index contributed by atoms with van der Waals surface area (Å²) in [5.41, 5.74) is 0.0344. The highest BCUT2D eigenvalue weighted by molar-refractivity contribution is 5.88. The fraction of sp³-hybridized carbons (Fsp3) is 0.562. The quantitative estimate of drug-likeness (QED) is 0.886. The zero-order valence-corrected chi connectivity index (χ0v) is 11.8. The maximum atomic E-state index is 14.0. The van der Waals surface area contributed by atoms with E-state index in [1.54, 1.807) is 12.1 Å². The number of halogens is 1. The van der Waals surface area contributed by atoms with E-state index in [1.807, 2.05) is 0 Å². The normalized spacial score (nSPS) is 22.7. The molecule has 4 heteroatoms. The molecule has 110 valence electrons. The highest BCUT2D eigenvalue weighted by Crippen LogP contribution is 2.30. The maximum absolute atomic E-state index is 14.0. The van der Waals surface area contributed by atoms with E-state index >= 15 is 0 Å². The van der Waals surface area contributed by atoms with Gasteiger partial charge in [0.05, 0.1) is 18.3 Å². The third-order valence-corrected chi connectivity index (χ3v) is 4.13. The molecule has 0 radical (unpaired) electrons. The van der Waals surface area contributed by atoms with Gasteiger partial charge in [0.1, 0.15) is 5.82 Å². The van der Waals surface area contributed by atoms with Crippen molar-refractivity contribution in [1.82, 2.24) is 0 Å². The van der Waals surface area contributed by atoms with Gasteiger partial charge in [-0.15, -0.1) is 0 Å². The van der Waals surface area contributed by atoms with E-state index in [0.29, 0.717) is 11.5 Å². The molecule has 1 N–H and O–H groups in total. The van der Waals surface area contributed by atoms with E-state index in [1.165, 1.54) is 18.9 Å². The first-order chi connectivity index (χ1) is 9.63. The Morgan fingerprint density at radius 1 is 1.40 bits per heavy atom. The fourth-order valence-electron chi connectivity index (χ4n) is 2.91. The topological polar surface area (TPSA) is 46.5 Å². The van der Waals surface area contributed by atoms with Crippen LogP contribution in [-0.2, 0) is 11.3 Å². The van der Waals surface area contributed by atoms with Crippen LogP contribution in [0.1, 0.15) is 54.9 Å².